The number of ether oxygens (including phenoxy) is 1. The summed E-state index contributed by atoms with van der Waals surface area (Å²) in [6.45, 7) is 6.14. The molecule has 0 aliphatic carbocycles. The van der Waals surface area contributed by atoms with Crippen LogP contribution in [0.25, 0.3) is 10.2 Å². The van der Waals surface area contributed by atoms with Crippen LogP contribution >= 0.6 is 11.3 Å². The second kappa shape index (κ2) is 10.2. The van der Waals surface area contributed by atoms with Crippen molar-refractivity contribution in [2.75, 3.05) is 44.2 Å². The monoisotopic (exact) mass is 478 g/mol. The van der Waals surface area contributed by atoms with Gasteiger partial charge in [0.1, 0.15) is 6.10 Å². The molecular formula is C26H30N4O3S. The number of piperazine rings is 1. The number of benzene rings is 2. The van der Waals surface area contributed by atoms with Crippen LogP contribution in [-0.2, 0) is 20.9 Å². The molecule has 0 saturated carbocycles. The van der Waals surface area contributed by atoms with E-state index in [0.29, 0.717) is 45.9 Å². The van der Waals surface area contributed by atoms with Crippen LogP contribution in [0.3, 0.4) is 0 Å². The highest BCUT2D eigenvalue weighted by Crippen LogP contribution is 2.31. The van der Waals surface area contributed by atoms with Gasteiger partial charge in [-0.1, -0.05) is 53.8 Å². The summed E-state index contributed by atoms with van der Waals surface area (Å²) >= 11 is 1.56. The fourth-order valence-corrected chi connectivity index (χ4v) is 5.66. The lowest BCUT2D eigenvalue weighted by Gasteiger charge is -2.36. The van der Waals surface area contributed by atoms with Gasteiger partial charge in [0.05, 0.1) is 23.3 Å². The van der Waals surface area contributed by atoms with E-state index in [0.717, 1.165) is 39.3 Å². The van der Waals surface area contributed by atoms with Crippen molar-refractivity contribution in [3.63, 3.8) is 0 Å². The summed E-state index contributed by atoms with van der Waals surface area (Å²) in [5.41, 5.74) is 3.13. The zero-order valence-corrected chi connectivity index (χ0v) is 20.3. The third-order valence-electron chi connectivity index (χ3n) is 6.57. The van der Waals surface area contributed by atoms with Crippen LogP contribution in [-0.4, -0.2) is 72.0 Å². The zero-order chi connectivity index (χ0) is 23.5. The lowest BCUT2D eigenvalue weighted by atomic mass is 10.2. The number of aryl methyl sites for hydroxylation is 1. The van der Waals surface area contributed by atoms with Crippen molar-refractivity contribution in [3.8, 4) is 0 Å². The average Bonchev–Trinajstić information content (AvgIpc) is 3.54. The number of aromatic nitrogens is 1. The number of fused-ring (bicyclic) bond motifs is 1. The maximum Gasteiger partial charge on any atom is 0.251 e. The minimum absolute atomic E-state index is 0.0273. The Morgan fingerprint density at radius 3 is 2.59 bits per heavy atom. The molecule has 2 fully saturated rings. The van der Waals surface area contributed by atoms with E-state index >= 15 is 0 Å². The molecule has 7 nitrogen and oxygen atoms in total. The van der Waals surface area contributed by atoms with Gasteiger partial charge in [-0.25, -0.2) is 4.98 Å². The Kier molecular flexibility index (Phi) is 6.89. The van der Waals surface area contributed by atoms with Gasteiger partial charge in [-0.3, -0.25) is 19.4 Å². The van der Waals surface area contributed by atoms with Crippen molar-refractivity contribution >= 4 is 38.5 Å². The molecule has 0 bridgehead atoms. The Bertz CT molecular complexity index is 1150. The summed E-state index contributed by atoms with van der Waals surface area (Å²) in [6, 6.07) is 16.2. The van der Waals surface area contributed by atoms with E-state index < -0.39 is 0 Å². The van der Waals surface area contributed by atoms with E-state index in [-0.39, 0.29) is 17.9 Å². The lowest BCUT2D eigenvalue weighted by molar-refractivity contribution is -0.142. The molecule has 2 aliphatic rings. The van der Waals surface area contributed by atoms with Crippen LogP contribution in [0.5, 0.6) is 0 Å². The van der Waals surface area contributed by atoms with Gasteiger partial charge in [0.2, 0.25) is 5.91 Å². The van der Waals surface area contributed by atoms with Crippen molar-refractivity contribution in [1.29, 1.82) is 0 Å². The van der Waals surface area contributed by atoms with Crippen LogP contribution < -0.4 is 4.90 Å². The number of anilines is 1. The highest BCUT2D eigenvalue weighted by Gasteiger charge is 2.31. The van der Waals surface area contributed by atoms with Crippen LogP contribution in [0, 0.1) is 6.92 Å². The number of nitrogens with zero attached hydrogens (tertiary/aromatic N) is 4. The number of rotatable bonds is 6. The molecule has 8 heteroatoms. The van der Waals surface area contributed by atoms with Gasteiger partial charge < -0.3 is 9.64 Å². The van der Waals surface area contributed by atoms with E-state index in [4.69, 9.17) is 9.72 Å². The van der Waals surface area contributed by atoms with E-state index in [1.165, 1.54) is 0 Å². The van der Waals surface area contributed by atoms with Gasteiger partial charge in [-0.15, -0.1) is 0 Å². The number of hydrogen-bond acceptors (Lipinski definition) is 6. The number of hydrogen-bond donors (Lipinski definition) is 0. The highest BCUT2D eigenvalue weighted by molar-refractivity contribution is 7.22. The Balaban J connectivity index is 1.29. The standard InChI is InChI=1S/C26H30N4O3S/c1-19-7-5-11-22-24(19)27-26(34-22)30(17-20-8-3-2-4-9-20)23(31)18-28-12-14-29(15-13-28)25(32)21-10-6-16-33-21/h2-5,7-9,11,21H,6,10,12-18H2,1H3. The van der Waals surface area contributed by atoms with E-state index in [9.17, 15) is 9.59 Å². The highest BCUT2D eigenvalue weighted by atomic mass is 32.1. The van der Waals surface area contributed by atoms with Crippen LogP contribution in [0.4, 0.5) is 5.13 Å². The van der Waals surface area contributed by atoms with Gasteiger partial charge >= 0.3 is 0 Å². The molecule has 1 atom stereocenters. The van der Waals surface area contributed by atoms with Gasteiger partial charge in [-0.2, -0.15) is 0 Å². The predicted octanol–water partition coefficient (Wildman–Crippen LogP) is 3.46. The molecule has 1 aromatic heterocycles. The van der Waals surface area contributed by atoms with Gasteiger partial charge in [0.15, 0.2) is 5.13 Å². The maximum atomic E-state index is 13.6. The largest absolute Gasteiger partial charge is 0.368 e. The van der Waals surface area contributed by atoms with Gasteiger partial charge in [0, 0.05) is 32.8 Å². The van der Waals surface area contributed by atoms with Gasteiger partial charge in [0.25, 0.3) is 5.91 Å². The molecule has 0 N–H and O–H groups in total. The minimum Gasteiger partial charge on any atom is -0.368 e. The summed E-state index contributed by atoms with van der Waals surface area (Å²) in [5, 5.41) is 0.727. The van der Waals surface area contributed by atoms with Crippen molar-refractivity contribution < 1.29 is 14.3 Å². The molecule has 2 aliphatic heterocycles. The lowest BCUT2D eigenvalue weighted by Crippen LogP contribution is -2.53. The molecule has 34 heavy (non-hydrogen) atoms. The molecule has 0 radical (unpaired) electrons. The molecule has 2 saturated heterocycles. The Labute approximate surface area is 203 Å². The van der Waals surface area contributed by atoms with Crippen LogP contribution in [0.15, 0.2) is 48.5 Å². The average molecular weight is 479 g/mol. The van der Waals surface area contributed by atoms with Gasteiger partial charge in [-0.05, 0) is 37.0 Å². The van der Waals surface area contributed by atoms with Crippen LogP contribution in [0.2, 0.25) is 0 Å². The third kappa shape index (κ3) is 4.99. The minimum atomic E-state index is -0.281. The second-order valence-electron chi connectivity index (χ2n) is 8.99. The van der Waals surface area contributed by atoms with Crippen molar-refractivity contribution in [1.82, 2.24) is 14.8 Å². The first kappa shape index (κ1) is 23.0. The zero-order valence-electron chi connectivity index (χ0n) is 19.5. The van der Waals surface area contributed by atoms with Crippen molar-refractivity contribution in [2.45, 2.75) is 32.4 Å². The molecule has 1 unspecified atom stereocenters. The number of carbonyl (C=O) groups is 2. The predicted molar refractivity (Wildman–Crippen MR) is 134 cm³/mol. The third-order valence-corrected chi connectivity index (χ3v) is 7.62. The number of amides is 2. The van der Waals surface area contributed by atoms with Crippen molar-refractivity contribution in [3.05, 3.63) is 59.7 Å². The number of carbonyl (C=O) groups excluding carboxylic acids is 2. The topological polar surface area (TPSA) is 66.0 Å². The maximum absolute atomic E-state index is 13.6. The molecule has 2 aromatic carbocycles. The summed E-state index contributed by atoms with van der Waals surface area (Å²) in [5.74, 6) is 0.124. The number of para-hydroxylation sites is 1. The molecule has 5 rings (SSSR count). The first-order valence-corrected chi connectivity index (χ1v) is 12.7. The SMILES string of the molecule is Cc1cccc2sc(N(Cc3ccccc3)C(=O)CN3CCN(C(=O)C4CCCO4)CC3)nc12. The van der Waals surface area contributed by atoms with E-state index in [1.54, 1.807) is 11.3 Å². The fourth-order valence-electron chi connectivity index (χ4n) is 4.60. The quantitative estimate of drug-likeness (QED) is 0.543. The normalized spacial score (nSPS) is 19.0. The first-order valence-electron chi connectivity index (χ1n) is 11.9. The van der Waals surface area contributed by atoms with E-state index in [2.05, 4.69) is 11.0 Å². The molecular weight excluding hydrogens is 448 g/mol. The summed E-state index contributed by atoms with van der Waals surface area (Å²) in [6.07, 6.45) is 1.48. The molecule has 2 amide bonds. The second-order valence-corrected chi connectivity index (χ2v) is 10.00. The van der Waals surface area contributed by atoms with E-state index in [1.807, 2.05) is 59.2 Å². The van der Waals surface area contributed by atoms with Crippen molar-refractivity contribution in [2.24, 2.45) is 0 Å². The Morgan fingerprint density at radius 1 is 1.09 bits per heavy atom. The summed E-state index contributed by atoms with van der Waals surface area (Å²) in [4.78, 5) is 36.9. The number of thiazole rings is 1. The molecule has 0 spiro atoms. The summed E-state index contributed by atoms with van der Waals surface area (Å²) < 4.78 is 6.64. The molecule has 3 heterocycles. The smallest absolute Gasteiger partial charge is 0.251 e. The molecule has 3 aromatic rings. The fraction of sp³-hybridized carbons (Fsp3) is 0.423. The summed E-state index contributed by atoms with van der Waals surface area (Å²) in [7, 11) is 0. The Hall–Kier alpha value is -2.81. The molecule has 178 valence electrons. The first-order chi connectivity index (χ1) is 16.6. The van der Waals surface area contributed by atoms with Crippen LogP contribution in [0.1, 0.15) is 24.0 Å². The Morgan fingerprint density at radius 2 is 1.88 bits per heavy atom.